The maximum atomic E-state index is 9.57. The number of ether oxygens (including phenoxy) is 2. The first-order valence-electron chi connectivity index (χ1n) is 8.40. The fourth-order valence-electron chi connectivity index (χ4n) is 2.85. The molecule has 0 fully saturated rings. The Morgan fingerprint density at radius 3 is 2.15 bits per heavy atom. The Morgan fingerprint density at radius 2 is 1.48 bits per heavy atom. The summed E-state index contributed by atoms with van der Waals surface area (Å²) in [7, 11) is 3.38. The molecule has 0 spiro atoms. The molecule has 0 aliphatic carbocycles. The molecule has 0 aliphatic heterocycles. The normalized spacial score (nSPS) is 10.9. The molecule has 0 bridgehead atoms. The predicted octanol–water partition coefficient (Wildman–Crippen LogP) is 5.44. The van der Waals surface area contributed by atoms with Crippen molar-refractivity contribution in [3.05, 3.63) is 66.7 Å². The van der Waals surface area contributed by atoms with Gasteiger partial charge in [0, 0.05) is 0 Å². The van der Waals surface area contributed by atoms with Gasteiger partial charge in [-0.05, 0) is 0 Å². The molecule has 0 unspecified atom stereocenters. The Labute approximate surface area is 168 Å². The monoisotopic (exact) mass is 442 g/mol. The molecule has 1 N–H and O–H groups in total. The van der Waals surface area contributed by atoms with Crippen LogP contribution in [0.1, 0.15) is 0 Å². The van der Waals surface area contributed by atoms with Gasteiger partial charge in [-0.1, -0.05) is 0 Å². The van der Waals surface area contributed by atoms with Gasteiger partial charge in [0.15, 0.2) is 0 Å². The van der Waals surface area contributed by atoms with Gasteiger partial charge in [0.2, 0.25) is 0 Å². The van der Waals surface area contributed by atoms with Crippen LogP contribution >= 0.6 is 11.8 Å². The van der Waals surface area contributed by atoms with E-state index < -0.39 is 0 Å². The molecule has 5 heteroatoms. The molecule has 0 amide bonds. The summed E-state index contributed by atoms with van der Waals surface area (Å²) < 4.78 is 13.4. The van der Waals surface area contributed by atoms with Crippen LogP contribution < -0.4 is 9.47 Å². The van der Waals surface area contributed by atoms with Crippen LogP contribution in [0.5, 0.6) is 17.2 Å². The summed E-state index contributed by atoms with van der Waals surface area (Å²) >= 11 is 1.93. The average molecular weight is 441 g/mol. The second-order valence-electron chi connectivity index (χ2n) is 5.95. The standard InChI is InChI=1S/C22H18O3SSe/c1-24-16-7-3-14(4-8-16)22-21(26-18-10-5-15(23)6-11-18)19-12-9-17(25-2)13-20(19)27-22/h3-13,23H,1-2H3. The summed E-state index contributed by atoms with van der Waals surface area (Å²) in [5.41, 5.74) is 1.22. The van der Waals surface area contributed by atoms with Gasteiger partial charge in [-0.3, -0.25) is 0 Å². The third-order valence-electron chi connectivity index (χ3n) is 4.26. The molecule has 0 aliphatic rings. The van der Waals surface area contributed by atoms with E-state index in [-0.39, 0.29) is 20.3 Å². The molecule has 3 aromatic carbocycles. The third kappa shape index (κ3) is 3.72. The van der Waals surface area contributed by atoms with Gasteiger partial charge in [-0.15, -0.1) is 0 Å². The minimum atomic E-state index is 0.192. The van der Waals surface area contributed by atoms with Crippen molar-refractivity contribution in [3.63, 3.8) is 0 Å². The molecule has 4 aromatic rings. The second-order valence-corrected chi connectivity index (χ2v) is 9.24. The zero-order chi connectivity index (χ0) is 18.8. The Hall–Kier alpha value is -2.33. The quantitative estimate of drug-likeness (QED) is 0.419. The van der Waals surface area contributed by atoms with Crippen molar-refractivity contribution >= 4 is 35.9 Å². The van der Waals surface area contributed by atoms with E-state index in [9.17, 15) is 5.11 Å². The van der Waals surface area contributed by atoms with Crippen LogP contribution in [-0.2, 0) is 0 Å². The van der Waals surface area contributed by atoms with Gasteiger partial charge in [0.25, 0.3) is 0 Å². The van der Waals surface area contributed by atoms with Gasteiger partial charge in [-0.2, -0.15) is 0 Å². The van der Waals surface area contributed by atoms with Gasteiger partial charge >= 0.3 is 168 Å². The molecule has 0 saturated heterocycles. The number of phenolic OH excluding ortho intramolecular Hbond substituents is 1. The van der Waals surface area contributed by atoms with Crippen LogP contribution in [0.15, 0.2) is 76.5 Å². The Morgan fingerprint density at radius 1 is 0.815 bits per heavy atom. The third-order valence-corrected chi connectivity index (χ3v) is 8.21. The van der Waals surface area contributed by atoms with Gasteiger partial charge in [0.05, 0.1) is 0 Å². The van der Waals surface area contributed by atoms with Crippen LogP contribution in [0, 0.1) is 0 Å². The van der Waals surface area contributed by atoms with Crippen molar-refractivity contribution in [1.82, 2.24) is 0 Å². The first-order valence-corrected chi connectivity index (χ1v) is 10.9. The molecule has 0 atom stereocenters. The molecule has 0 saturated carbocycles. The van der Waals surface area contributed by atoms with E-state index in [1.165, 1.54) is 24.5 Å². The summed E-state index contributed by atoms with van der Waals surface area (Å²) in [5, 5.41) is 10.8. The number of benzene rings is 3. The maximum absolute atomic E-state index is 9.57. The van der Waals surface area contributed by atoms with E-state index >= 15 is 0 Å². The second kappa shape index (κ2) is 7.73. The summed E-state index contributed by atoms with van der Waals surface area (Å²) in [4.78, 5) is 2.37. The number of rotatable bonds is 5. The fraction of sp³-hybridized carbons (Fsp3) is 0.0909. The first kappa shape index (κ1) is 18.1. The van der Waals surface area contributed by atoms with Crippen molar-refractivity contribution in [2.75, 3.05) is 14.2 Å². The summed E-state index contributed by atoms with van der Waals surface area (Å²) in [5.74, 6) is 2.03. The van der Waals surface area contributed by atoms with E-state index in [2.05, 4.69) is 24.3 Å². The van der Waals surface area contributed by atoms with Crippen LogP contribution in [0.4, 0.5) is 0 Å². The average Bonchev–Trinajstić information content (AvgIpc) is 3.07. The van der Waals surface area contributed by atoms with Crippen LogP contribution in [0.3, 0.4) is 0 Å². The van der Waals surface area contributed by atoms with E-state index in [4.69, 9.17) is 9.47 Å². The van der Waals surface area contributed by atoms with Crippen LogP contribution in [0.2, 0.25) is 0 Å². The van der Waals surface area contributed by atoms with E-state index in [0.717, 1.165) is 16.4 Å². The van der Waals surface area contributed by atoms with Crippen LogP contribution in [0.25, 0.3) is 19.6 Å². The molecule has 136 valence electrons. The van der Waals surface area contributed by atoms with Crippen molar-refractivity contribution in [3.8, 4) is 27.2 Å². The van der Waals surface area contributed by atoms with E-state index in [1.54, 1.807) is 38.1 Å². The van der Waals surface area contributed by atoms with Gasteiger partial charge in [0.1, 0.15) is 0 Å². The molecular weight excluding hydrogens is 423 g/mol. The molecule has 0 radical (unpaired) electrons. The molecule has 1 aromatic heterocycles. The molecule has 27 heavy (non-hydrogen) atoms. The number of hydrogen-bond donors (Lipinski definition) is 1. The number of methoxy groups -OCH3 is 2. The van der Waals surface area contributed by atoms with Gasteiger partial charge in [-0.25, -0.2) is 0 Å². The van der Waals surface area contributed by atoms with Crippen molar-refractivity contribution in [2.24, 2.45) is 0 Å². The molecular formula is C22H18O3SSe. The van der Waals surface area contributed by atoms with Crippen molar-refractivity contribution in [1.29, 1.82) is 0 Å². The number of phenols is 1. The Bertz CT molecular complexity index is 1070. The number of hydrogen-bond acceptors (Lipinski definition) is 4. The predicted molar refractivity (Wildman–Crippen MR) is 112 cm³/mol. The summed E-state index contributed by atoms with van der Waals surface area (Å²) in [6, 6.07) is 21.9. The van der Waals surface area contributed by atoms with Crippen molar-refractivity contribution in [2.45, 2.75) is 9.79 Å². The molecule has 4 rings (SSSR count). The number of fused-ring (bicyclic) bond motifs is 1. The fourth-order valence-corrected chi connectivity index (χ4v) is 6.85. The summed E-state index contributed by atoms with van der Waals surface area (Å²) in [6.45, 7) is 0. The van der Waals surface area contributed by atoms with Gasteiger partial charge < -0.3 is 0 Å². The summed E-state index contributed by atoms with van der Waals surface area (Å²) in [6.07, 6.45) is 0. The van der Waals surface area contributed by atoms with Crippen LogP contribution in [-0.4, -0.2) is 33.8 Å². The zero-order valence-corrected chi connectivity index (χ0v) is 17.5. The van der Waals surface area contributed by atoms with Crippen molar-refractivity contribution < 1.29 is 14.6 Å². The Kier molecular flexibility index (Phi) is 5.17. The SMILES string of the molecule is COc1ccc(-c2[se]c3cc(OC)ccc3c2Sc2ccc(O)cc2)cc1. The first-order chi connectivity index (χ1) is 13.2. The minimum absolute atomic E-state index is 0.192. The molecule has 1 heterocycles. The number of aromatic hydroxyl groups is 1. The zero-order valence-electron chi connectivity index (χ0n) is 14.9. The molecule has 3 nitrogen and oxygen atoms in total. The topological polar surface area (TPSA) is 38.7 Å². The van der Waals surface area contributed by atoms with E-state index in [0.29, 0.717) is 0 Å². The Balaban J connectivity index is 1.85. The van der Waals surface area contributed by atoms with E-state index in [1.807, 2.05) is 30.3 Å².